The Morgan fingerprint density at radius 2 is 2.15 bits per heavy atom. The third kappa shape index (κ3) is 3.15. The number of rotatable bonds is 3. The van der Waals surface area contributed by atoms with Gasteiger partial charge < -0.3 is 5.73 Å². The summed E-state index contributed by atoms with van der Waals surface area (Å²) in [5.41, 5.74) is 6.86. The summed E-state index contributed by atoms with van der Waals surface area (Å²) in [5.74, 6) is 0.393. The Bertz CT molecular complexity index is 307. The Morgan fingerprint density at radius 3 is 2.69 bits per heavy atom. The smallest absolute Gasteiger partial charge is 0.164 e. The molecule has 2 nitrogen and oxygen atoms in total. The molecule has 0 saturated carbocycles. The maximum Gasteiger partial charge on any atom is 0.164 e. The molecule has 0 bridgehead atoms. The van der Waals surface area contributed by atoms with E-state index in [1.165, 1.54) is 0 Å². The predicted octanol–water partition coefficient (Wildman–Crippen LogP) is 2.69. The topological polar surface area (TPSA) is 43.1 Å². The van der Waals surface area contributed by atoms with Gasteiger partial charge in [-0.1, -0.05) is 0 Å². The normalized spacial score (nSPS) is 10.0. The fraction of sp³-hybridized carbons (Fsp3) is 0.222. The van der Waals surface area contributed by atoms with Crippen molar-refractivity contribution < 1.29 is 4.79 Å². The summed E-state index contributed by atoms with van der Waals surface area (Å²) < 4.78 is 0.968. The molecule has 0 heterocycles. The highest BCUT2D eigenvalue weighted by atomic mass is 127. The zero-order valence-electron chi connectivity index (χ0n) is 6.89. The number of Topliss-reactive ketones (excluding diaryl/α,β-unsaturated/α-hetero) is 1. The zero-order valence-corrected chi connectivity index (χ0v) is 9.80. The van der Waals surface area contributed by atoms with Crippen LogP contribution in [-0.4, -0.2) is 11.7 Å². The maximum atomic E-state index is 11.4. The molecule has 0 aromatic heterocycles. The van der Waals surface area contributed by atoms with Crippen molar-refractivity contribution in [2.24, 2.45) is 0 Å². The van der Waals surface area contributed by atoms with E-state index in [2.05, 4.69) is 22.6 Å². The highest BCUT2D eigenvalue weighted by Gasteiger charge is 2.06. The first-order chi connectivity index (χ1) is 6.13. The van der Waals surface area contributed by atoms with Gasteiger partial charge in [-0.3, -0.25) is 4.79 Å². The van der Waals surface area contributed by atoms with Crippen molar-refractivity contribution in [2.75, 3.05) is 11.6 Å². The largest absolute Gasteiger partial charge is 0.399 e. The van der Waals surface area contributed by atoms with E-state index in [0.717, 1.165) is 3.57 Å². The summed E-state index contributed by atoms with van der Waals surface area (Å²) in [6.45, 7) is 0. The molecule has 0 aliphatic rings. The van der Waals surface area contributed by atoms with E-state index in [-0.39, 0.29) is 5.78 Å². The standard InChI is InChI=1S/C9H9ClINO/c10-2-1-9(13)6-3-7(11)5-8(12)4-6/h3-5H,1-2,12H2. The Morgan fingerprint density at radius 1 is 1.46 bits per heavy atom. The first kappa shape index (κ1) is 10.8. The second-order valence-electron chi connectivity index (χ2n) is 2.64. The van der Waals surface area contributed by atoms with Crippen molar-refractivity contribution in [3.63, 3.8) is 0 Å². The lowest BCUT2D eigenvalue weighted by molar-refractivity contribution is 0.0989. The van der Waals surface area contributed by atoms with E-state index in [4.69, 9.17) is 17.3 Å². The predicted molar refractivity (Wildman–Crippen MR) is 63.2 cm³/mol. The Hall–Kier alpha value is -0.290. The van der Waals surface area contributed by atoms with Gasteiger partial charge in [0.25, 0.3) is 0 Å². The number of benzene rings is 1. The van der Waals surface area contributed by atoms with E-state index < -0.39 is 0 Å². The average molecular weight is 310 g/mol. The van der Waals surface area contributed by atoms with Gasteiger partial charge in [-0.15, -0.1) is 11.6 Å². The molecule has 0 saturated heterocycles. The number of nitrogen functional groups attached to an aromatic ring is 1. The monoisotopic (exact) mass is 309 g/mol. The van der Waals surface area contributed by atoms with Crippen molar-refractivity contribution >= 4 is 45.7 Å². The van der Waals surface area contributed by atoms with E-state index >= 15 is 0 Å². The summed E-state index contributed by atoms with van der Waals surface area (Å²) in [6, 6.07) is 5.31. The first-order valence-corrected chi connectivity index (χ1v) is 5.40. The fourth-order valence-corrected chi connectivity index (χ4v) is 1.87. The molecule has 13 heavy (non-hydrogen) atoms. The lowest BCUT2D eigenvalue weighted by Gasteiger charge is -2.01. The van der Waals surface area contributed by atoms with Gasteiger partial charge >= 0.3 is 0 Å². The Kier molecular flexibility index (Phi) is 3.99. The molecule has 0 spiro atoms. The number of ketones is 1. The SMILES string of the molecule is Nc1cc(I)cc(C(=O)CCCl)c1. The highest BCUT2D eigenvalue weighted by Crippen LogP contribution is 2.15. The lowest BCUT2D eigenvalue weighted by atomic mass is 10.1. The summed E-state index contributed by atoms with van der Waals surface area (Å²) in [5, 5.41) is 0. The van der Waals surface area contributed by atoms with Crippen LogP contribution >= 0.6 is 34.2 Å². The van der Waals surface area contributed by atoms with Gasteiger partial charge in [0.1, 0.15) is 0 Å². The Labute approximate surface area is 95.6 Å². The molecule has 0 radical (unpaired) electrons. The van der Waals surface area contributed by atoms with Crippen LogP contribution in [0.5, 0.6) is 0 Å². The molecule has 70 valence electrons. The van der Waals surface area contributed by atoms with Gasteiger partial charge in [0.15, 0.2) is 5.78 Å². The number of hydrogen-bond acceptors (Lipinski definition) is 2. The molecule has 0 atom stereocenters. The molecule has 4 heteroatoms. The van der Waals surface area contributed by atoms with Crippen molar-refractivity contribution in [3.8, 4) is 0 Å². The number of alkyl halides is 1. The van der Waals surface area contributed by atoms with Gasteiger partial charge in [-0.05, 0) is 40.8 Å². The van der Waals surface area contributed by atoms with Crippen LogP contribution in [-0.2, 0) is 0 Å². The van der Waals surface area contributed by atoms with Crippen molar-refractivity contribution in [3.05, 3.63) is 27.3 Å². The average Bonchev–Trinajstić information content (AvgIpc) is 2.03. The maximum absolute atomic E-state index is 11.4. The number of halogens is 2. The molecule has 0 unspecified atom stereocenters. The van der Waals surface area contributed by atoms with Gasteiger partial charge in [0.2, 0.25) is 0 Å². The summed E-state index contributed by atoms with van der Waals surface area (Å²) in [6.07, 6.45) is 0.362. The summed E-state index contributed by atoms with van der Waals surface area (Å²) in [4.78, 5) is 11.4. The van der Waals surface area contributed by atoms with Crippen LogP contribution in [0.4, 0.5) is 5.69 Å². The quantitative estimate of drug-likeness (QED) is 0.404. The van der Waals surface area contributed by atoms with Crippen LogP contribution in [0, 0.1) is 3.57 Å². The molecular weight excluding hydrogens is 300 g/mol. The molecule has 1 aromatic rings. The summed E-state index contributed by atoms with van der Waals surface area (Å²) >= 11 is 7.60. The van der Waals surface area contributed by atoms with Crippen LogP contribution in [0.15, 0.2) is 18.2 Å². The van der Waals surface area contributed by atoms with Gasteiger partial charge in [-0.2, -0.15) is 0 Å². The van der Waals surface area contributed by atoms with Crippen LogP contribution in [0.25, 0.3) is 0 Å². The molecule has 0 fully saturated rings. The van der Waals surface area contributed by atoms with Gasteiger partial charge in [0, 0.05) is 27.1 Å². The van der Waals surface area contributed by atoms with E-state index in [1.54, 1.807) is 6.07 Å². The fourth-order valence-electron chi connectivity index (χ4n) is 1.00. The third-order valence-corrected chi connectivity index (χ3v) is 2.38. The molecule has 1 aromatic carbocycles. The van der Waals surface area contributed by atoms with E-state index in [0.29, 0.717) is 23.6 Å². The minimum absolute atomic E-state index is 0.0419. The van der Waals surface area contributed by atoms with Gasteiger partial charge in [0.05, 0.1) is 0 Å². The number of carbonyl (C=O) groups excluding carboxylic acids is 1. The van der Waals surface area contributed by atoms with Crippen LogP contribution in [0.3, 0.4) is 0 Å². The Balaban J connectivity index is 2.94. The third-order valence-electron chi connectivity index (χ3n) is 1.56. The van der Waals surface area contributed by atoms with Crippen LogP contribution in [0.2, 0.25) is 0 Å². The number of carbonyl (C=O) groups is 1. The van der Waals surface area contributed by atoms with Crippen molar-refractivity contribution in [1.29, 1.82) is 0 Å². The second kappa shape index (κ2) is 4.81. The number of hydrogen-bond donors (Lipinski definition) is 1. The van der Waals surface area contributed by atoms with E-state index in [1.807, 2.05) is 12.1 Å². The first-order valence-electron chi connectivity index (χ1n) is 3.78. The number of anilines is 1. The second-order valence-corrected chi connectivity index (χ2v) is 4.26. The van der Waals surface area contributed by atoms with E-state index in [9.17, 15) is 4.79 Å². The van der Waals surface area contributed by atoms with Crippen molar-refractivity contribution in [1.82, 2.24) is 0 Å². The minimum atomic E-state index is 0.0419. The van der Waals surface area contributed by atoms with Crippen LogP contribution in [0.1, 0.15) is 16.8 Å². The zero-order chi connectivity index (χ0) is 9.84. The number of nitrogens with two attached hydrogens (primary N) is 1. The van der Waals surface area contributed by atoms with Crippen molar-refractivity contribution in [2.45, 2.75) is 6.42 Å². The lowest BCUT2D eigenvalue weighted by Crippen LogP contribution is -2.01. The summed E-state index contributed by atoms with van der Waals surface area (Å²) in [7, 11) is 0. The highest BCUT2D eigenvalue weighted by molar-refractivity contribution is 14.1. The molecule has 0 amide bonds. The molecule has 2 N–H and O–H groups in total. The molecule has 0 aliphatic carbocycles. The molecule has 0 aliphatic heterocycles. The molecular formula is C9H9ClINO. The van der Waals surface area contributed by atoms with Gasteiger partial charge in [-0.25, -0.2) is 0 Å². The van der Waals surface area contributed by atoms with Crippen LogP contribution < -0.4 is 5.73 Å². The molecule has 1 rings (SSSR count). The minimum Gasteiger partial charge on any atom is -0.399 e.